The lowest BCUT2D eigenvalue weighted by atomic mass is 10.2. The van der Waals surface area contributed by atoms with E-state index in [-0.39, 0.29) is 15.0 Å². The molecule has 0 radical (unpaired) electrons. The molecular weight excluding hydrogens is 345 g/mol. The smallest absolute Gasteiger partial charge is 0.493 e. The highest BCUT2D eigenvalue weighted by Crippen LogP contribution is 2.34. The summed E-state index contributed by atoms with van der Waals surface area (Å²) in [5, 5.41) is 0. The zero-order valence-corrected chi connectivity index (χ0v) is 10.1. The number of halogens is 5. The molecule has 0 aliphatic rings. The first-order valence-electron chi connectivity index (χ1n) is 3.92. The molecule has 0 aliphatic heterocycles. The Kier molecular flexibility index (Phi) is 4.16. The van der Waals surface area contributed by atoms with Gasteiger partial charge in [-0.3, -0.25) is 0 Å². The van der Waals surface area contributed by atoms with Crippen LogP contribution in [0.15, 0.2) is 6.20 Å². The Balaban J connectivity index is 3.19. The average molecular weight is 351 g/mol. The molecule has 0 unspecified atom stereocenters. The molecule has 0 bridgehead atoms. The minimum atomic E-state index is -4.89. The third kappa shape index (κ3) is 3.09. The third-order valence-electron chi connectivity index (χ3n) is 1.62. The van der Waals surface area contributed by atoms with Gasteiger partial charge in [-0.05, 0) is 22.6 Å². The molecule has 1 aromatic rings. The predicted octanol–water partition coefficient (Wildman–Crippen LogP) is 3.06. The van der Waals surface area contributed by atoms with Crippen LogP contribution in [-0.4, -0.2) is 18.5 Å². The number of methoxy groups -OCH3 is 1. The fourth-order valence-corrected chi connectivity index (χ4v) is 1.72. The maximum atomic E-state index is 12.6. The normalized spacial score (nSPS) is 11.4. The Hall–Kier alpha value is -0.800. The van der Waals surface area contributed by atoms with Gasteiger partial charge in [-0.15, -0.1) is 13.2 Å². The van der Waals surface area contributed by atoms with Crippen molar-refractivity contribution in [3.8, 4) is 11.5 Å². The van der Waals surface area contributed by atoms with Crippen molar-refractivity contribution in [3.63, 3.8) is 0 Å². The van der Waals surface area contributed by atoms with Gasteiger partial charge in [0.05, 0.1) is 18.9 Å². The molecule has 0 saturated heterocycles. The SMILES string of the molecule is COc1c(I)ncc(OC(F)(F)F)c1CF. The van der Waals surface area contributed by atoms with E-state index in [0.717, 1.165) is 6.20 Å². The Morgan fingerprint density at radius 3 is 2.50 bits per heavy atom. The number of rotatable bonds is 3. The van der Waals surface area contributed by atoms with Gasteiger partial charge in [0.25, 0.3) is 0 Å². The molecule has 0 aromatic carbocycles. The molecule has 0 N–H and O–H groups in total. The standard InChI is InChI=1S/C8H6F4INO2/c1-15-6-4(2-9)5(3-14-7(6)13)16-8(10,11)12/h3H,2H2,1H3. The lowest BCUT2D eigenvalue weighted by Gasteiger charge is -2.14. The largest absolute Gasteiger partial charge is 0.573 e. The van der Waals surface area contributed by atoms with Crippen molar-refractivity contribution in [1.82, 2.24) is 4.98 Å². The fraction of sp³-hybridized carbons (Fsp3) is 0.375. The summed E-state index contributed by atoms with van der Waals surface area (Å²) in [7, 11) is 1.22. The lowest BCUT2D eigenvalue weighted by Crippen LogP contribution is -2.18. The van der Waals surface area contributed by atoms with Crippen molar-refractivity contribution in [2.45, 2.75) is 13.0 Å². The number of nitrogens with zero attached hydrogens (tertiary/aromatic N) is 1. The molecule has 90 valence electrons. The maximum absolute atomic E-state index is 12.6. The summed E-state index contributed by atoms with van der Waals surface area (Å²) in [5.74, 6) is -0.739. The average Bonchev–Trinajstić information content (AvgIpc) is 2.18. The summed E-state index contributed by atoms with van der Waals surface area (Å²) < 4.78 is 57.2. The van der Waals surface area contributed by atoms with Crippen LogP contribution in [0.4, 0.5) is 17.6 Å². The van der Waals surface area contributed by atoms with Gasteiger partial charge in [0.2, 0.25) is 0 Å². The summed E-state index contributed by atoms with van der Waals surface area (Å²) in [6.07, 6.45) is -4.07. The van der Waals surface area contributed by atoms with Crippen molar-refractivity contribution in [3.05, 3.63) is 15.5 Å². The molecule has 0 fully saturated rings. The Morgan fingerprint density at radius 1 is 1.44 bits per heavy atom. The van der Waals surface area contributed by atoms with Gasteiger partial charge in [0, 0.05) is 0 Å². The van der Waals surface area contributed by atoms with Crippen LogP contribution in [0.1, 0.15) is 5.56 Å². The lowest BCUT2D eigenvalue weighted by molar-refractivity contribution is -0.275. The second-order valence-electron chi connectivity index (χ2n) is 2.61. The summed E-state index contributed by atoms with van der Waals surface area (Å²) in [5.41, 5.74) is -0.306. The van der Waals surface area contributed by atoms with E-state index in [2.05, 4.69) is 9.72 Å². The molecule has 8 heteroatoms. The van der Waals surface area contributed by atoms with Crippen LogP contribution in [0.2, 0.25) is 0 Å². The minimum Gasteiger partial charge on any atom is -0.493 e. The van der Waals surface area contributed by atoms with Gasteiger partial charge in [-0.2, -0.15) is 0 Å². The van der Waals surface area contributed by atoms with Crippen LogP contribution in [0.5, 0.6) is 11.5 Å². The van der Waals surface area contributed by atoms with E-state index in [1.807, 2.05) is 0 Å². The minimum absolute atomic E-state index is 0.0511. The van der Waals surface area contributed by atoms with Gasteiger partial charge in [-0.25, -0.2) is 9.37 Å². The van der Waals surface area contributed by atoms with Gasteiger partial charge in [-0.1, -0.05) is 0 Å². The first-order valence-corrected chi connectivity index (χ1v) is 5.00. The van der Waals surface area contributed by atoms with Crippen LogP contribution >= 0.6 is 22.6 Å². The molecule has 1 rings (SSSR count). The highest BCUT2D eigenvalue weighted by Gasteiger charge is 2.33. The number of pyridine rings is 1. The van der Waals surface area contributed by atoms with E-state index in [9.17, 15) is 17.6 Å². The van der Waals surface area contributed by atoms with Gasteiger partial charge >= 0.3 is 6.36 Å². The van der Waals surface area contributed by atoms with Crippen molar-refractivity contribution in [1.29, 1.82) is 0 Å². The molecule has 0 atom stereocenters. The first kappa shape index (κ1) is 13.3. The van der Waals surface area contributed by atoms with Crippen LogP contribution in [0.3, 0.4) is 0 Å². The third-order valence-corrected chi connectivity index (χ3v) is 2.39. The highest BCUT2D eigenvalue weighted by atomic mass is 127. The number of aromatic nitrogens is 1. The number of hydrogen-bond acceptors (Lipinski definition) is 3. The summed E-state index contributed by atoms with van der Waals surface area (Å²) >= 11 is 1.72. The van der Waals surface area contributed by atoms with E-state index in [1.54, 1.807) is 22.6 Å². The monoisotopic (exact) mass is 351 g/mol. The Labute approximate surface area is 102 Å². The van der Waals surface area contributed by atoms with Crippen molar-refractivity contribution in [2.75, 3.05) is 7.11 Å². The van der Waals surface area contributed by atoms with E-state index in [0.29, 0.717) is 0 Å². The topological polar surface area (TPSA) is 31.4 Å². The second-order valence-corrected chi connectivity index (χ2v) is 3.63. The molecule has 0 aliphatic carbocycles. The Morgan fingerprint density at radius 2 is 2.06 bits per heavy atom. The van der Waals surface area contributed by atoms with Crippen molar-refractivity contribution < 1.29 is 27.0 Å². The molecule has 0 saturated carbocycles. The Bertz CT molecular complexity index is 383. The molecular formula is C8H6F4INO2. The summed E-state index contributed by atoms with van der Waals surface area (Å²) in [6.45, 7) is -1.13. The number of alkyl halides is 4. The van der Waals surface area contributed by atoms with Crippen LogP contribution in [0, 0.1) is 3.70 Å². The van der Waals surface area contributed by atoms with Crippen molar-refractivity contribution >= 4 is 22.6 Å². The molecule has 3 nitrogen and oxygen atoms in total. The maximum Gasteiger partial charge on any atom is 0.573 e. The van der Waals surface area contributed by atoms with Gasteiger partial charge in [0.15, 0.2) is 11.5 Å². The van der Waals surface area contributed by atoms with E-state index >= 15 is 0 Å². The number of hydrogen-bond donors (Lipinski definition) is 0. The molecule has 0 amide bonds. The highest BCUT2D eigenvalue weighted by molar-refractivity contribution is 14.1. The summed E-state index contributed by atoms with van der Waals surface area (Å²) in [6, 6.07) is 0. The van der Waals surface area contributed by atoms with Gasteiger partial charge < -0.3 is 9.47 Å². The zero-order valence-electron chi connectivity index (χ0n) is 7.94. The van der Waals surface area contributed by atoms with Crippen molar-refractivity contribution in [2.24, 2.45) is 0 Å². The van der Waals surface area contributed by atoms with Gasteiger partial charge in [0.1, 0.15) is 10.4 Å². The van der Waals surface area contributed by atoms with Crippen LogP contribution in [0.25, 0.3) is 0 Å². The number of ether oxygens (including phenoxy) is 2. The van der Waals surface area contributed by atoms with E-state index in [4.69, 9.17) is 4.74 Å². The fourth-order valence-electron chi connectivity index (χ4n) is 1.03. The summed E-state index contributed by atoms with van der Waals surface area (Å²) in [4.78, 5) is 3.61. The molecule has 16 heavy (non-hydrogen) atoms. The second kappa shape index (κ2) is 5.02. The molecule has 1 heterocycles. The molecule has 1 aromatic heterocycles. The van der Waals surface area contributed by atoms with E-state index in [1.165, 1.54) is 7.11 Å². The molecule has 0 spiro atoms. The van der Waals surface area contributed by atoms with Crippen LogP contribution in [-0.2, 0) is 6.67 Å². The van der Waals surface area contributed by atoms with E-state index < -0.39 is 18.8 Å². The zero-order chi connectivity index (χ0) is 12.3. The quantitative estimate of drug-likeness (QED) is 0.477. The first-order chi connectivity index (χ1) is 7.39. The predicted molar refractivity (Wildman–Crippen MR) is 55.0 cm³/mol. The van der Waals surface area contributed by atoms with Crippen LogP contribution < -0.4 is 9.47 Å².